The van der Waals surface area contributed by atoms with E-state index in [2.05, 4.69) is 0 Å². The lowest BCUT2D eigenvalue weighted by molar-refractivity contribution is -0.385. The second-order valence-electron chi connectivity index (χ2n) is 2.94. The highest BCUT2D eigenvalue weighted by Crippen LogP contribution is 2.24. The van der Waals surface area contributed by atoms with E-state index in [0.717, 1.165) is 0 Å². The maximum Gasteiger partial charge on any atom is 0.276 e. The molecule has 1 N–H and O–H groups in total. The van der Waals surface area contributed by atoms with Crippen LogP contribution in [0.2, 0.25) is 0 Å². The van der Waals surface area contributed by atoms with E-state index in [0.29, 0.717) is 0 Å². The van der Waals surface area contributed by atoms with Gasteiger partial charge in [-0.15, -0.1) is 0 Å². The van der Waals surface area contributed by atoms with E-state index >= 15 is 0 Å². The van der Waals surface area contributed by atoms with Crippen molar-refractivity contribution in [3.63, 3.8) is 0 Å². The summed E-state index contributed by atoms with van der Waals surface area (Å²) in [4.78, 5) is 20.7. The molecule has 78 valence electrons. The molecule has 0 aliphatic rings. The van der Waals surface area contributed by atoms with E-state index in [1.54, 1.807) is 0 Å². The summed E-state index contributed by atoms with van der Waals surface area (Å²) >= 11 is 0. The van der Waals surface area contributed by atoms with Crippen molar-refractivity contribution in [2.24, 2.45) is 0 Å². The SMILES string of the molecule is CC(=O)/C=C/c1cc(O)ccc1[N+](=O)[O-]. The molecule has 0 spiro atoms. The first-order valence-electron chi connectivity index (χ1n) is 4.17. The Kier molecular flexibility index (Phi) is 3.17. The number of hydrogen-bond acceptors (Lipinski definition) is 4. The zero-order valence-corrected chi connectivity index (χ0v) is 8.01. The van der Waals surface area contributed by atoms with Gasteiger partial charge in [0.1, 0.15) is 5.75 Å². The number of carbonyl (C=O) groups is 1. The van der Waals surface area contributed by atoms with E-state index in [4.69, 9.17) is 5.11 Å². The molecule has 5 heteroatoms. The summed E-state index contributed by atoms with van der Waals surface area (Å²) in [7, 11) is 0. The minimum atomic E-state index is -0.570. The molecule has 0 amide bonds. The fourth-order valence-electron chi connectivity index (χ4n) is 1.05. The van der Waals surface area contributed by atoms with Crippen molar-refractivity contribution in [1.82, 2.24) is 0 Å². The average molecular weight is 207 g/mol. The predicted octanol–water partition coefficient (Wildman–Crippen LogP) is 1.90. The van der Waals surface area contributed by atoms with Crippen molar-refractivity contribution in [3.05, 3.63) is 40.0 Å². The van der Waals surface area contributed by atoms with Crippen LogP contribution in [0, 0.1) is 10.1 Å². The normalized spacial score (nSPS) is 10.5. The second-order valence-corrected chi connectivity index (χ2v) is 2.94. The summed E-state index contributed by atoms with van der Waals surface area (Å²) in [5.41, 5.74) is 0.0560. The first kappa shape index (κ1) is 10.9. The molecule has 5 nitrogen and oxygen atoms in total. The summed E-state index contributed by atoms with van der Waals surface area (Å²) in [6, 6.07) is 3.65. The van der Waals surface area contributed by atoms with Gasteiger partial charge < -0.3 is 5.11 Å². The monoisotopic (exact) mass is 207 g/mol. The van der Waals surface area contributed by atoms with Gasteiger partial charge in [-0.25, -0.2) is 0 Å². The fraction of sp³-hybridized carbons (Fsp3) is 0.100. The highest BCUT2D eigenvalue weighted by molar-refractivity contribution is 5.92. The number of ketones is 1. The lowest BCUT2D eigenvalue weighted by Crippen LogP contribution is -1.91. The van der Waals surface area contributed by atoms with E-state index in [-0.39, 0.29) is 22.8 Å². The molecule has 0 heterocycles. The molecular weight excluding hydrogens is 198 g/mol. The highest BCUT2D eigenvalue weighted by Gasteiger charge is 2.11. The third-order valence-corrected chi connectivity index (χ3v) is 1.71. The molecule has 0 aliphatic heterocycles. The molecular formula is C10H9NO4. The molecule has 0 aliphatic carbocycles. The third-order valence-electron chi connectivity index (χ3n) is 1.71. The van der Waals surface area contributed by atoms with Gasteiger partial charge in [-0.3, -0.25) is 14.9 Å². The molecule has 1 aromatic carbocycles. The van der Waals surface area contributed by atoms with Crippen LogP contribution in [0.25, 0.3) is 6.08 Å². The Balaban J connectivity index is 3.18. The van der Waals surface area contributed by atoms with Crippen LogP contribution in [0.4, 0.5) is 5.69 Å². The number of benzene rings is 1. The summed E-state index contributed by atoms with van der Waals surface area (Å²) < 4.78 is 0. The van der Waals surface area contributed by atoms with Gasteiger partial charge in [0.2, 0.25) is 0 Å². The summed E-state index contributed by atoms with van der Waals surface area (Å²) in [6.45, 7) is 1.34. The first-order valence-corrected chi connectivity index (χ1v) is 4.17. The summed E-state index contributed by atoms with van der Waals surface area (Å²) in [5.74, 6) is -0.295. The smallest absolute Gasteiger partial charge is 0.276 e. The number of nitrogens with zero attached hydrogens (tertiary/aromatic N) is 1. The van der Waals surface area contributed by atoms with Gasteiger partial charge >= 0.3 is 0 Å². The molecule has 0 aromatic heterocycles. The van der Waals surface area contributed by atoms with E-state index in [1.807, 2.05) is 0 Å². The Labute approximate surface area is 85.8 Å². The van der Waals surface area contributed by atoms with Gasteiger partial charge in [0.05, 0.1) is 10.5 Å². The topological polar surface area (TPSA) is 80.4 Å². The predicted molar refractivity (Wildman–Crippen MR) is 54.5 cm³/mol. The Morgan fingerprint density at radius 2 is 2.20 bits per heavy atom. The van der Waals surface area contributed by atoms with Crippen LogP contribution in [-0.4, -0.2) is 15.8 Å². The molecule has 1 aromatic rings. The lowest BCUT2D eigenvalue weighted by atomic mass is 10.1. The van der Waals surface area contributed by atoms with Crippen LogP contribution >= 0.6 is 0 Å². The average Bonchev–Trinajstić information content (AvgIpc) is 2.14. The number of allylic oxidation sites excluding steroid dienone is 1. The lowest BCUT2D eigenvalue weighted by Gasteiger charge is -1.97. The van der Waals surface area contributed by atoms with Crippen LogP contribution in [0.15, 0.2) is 24.3 Å². The van der Waals surface area contributed by atoms with Crippen LogP contribution in [0.1, 0.15) is 12.5 Å². The van der Waals surface area contributed by atoms with Gasteiger partial charge in [-0.05, 0) is 31.2 Å². The Bertz CT molecular complexity index is 437. The van der Waals surface area contributed by atoms with Crippen LogP contribution in [0.5, 0.6) is 5.75 Å². The number of aromatic hydroxyl groups is 1. The van der Waals surface area contributed by atoms with Gasteiger partial charge in [-0.2, -0.15) is 0 Å². The zero-order valence-electron chi connectivity index (χ0n) is 8.01. The van der Waals surface area contributed by atoms with Crippen molar-refractivity contribution in [1.29, 1.82) is 0 Å². The van der Waals surface area contributed by atoms with Crippen molar-refractivity contribution >= 4 is 17.5 Å². The molecule has 1 rings (SSSR count). The molecule has 15 heavy (non-hydrogen) atoms. The molecule has 0 unspecified atom stereocenters. The highest BCUT2D eigenvalue weighted by atomic mass is 16.6. The number of hydrogen-bond donors (Lipinski definition) is 1. The minimum Gasteiger partial charge on any atom is -0.508 e. The quantitative estimate of drug-likeness (QED) is 0.466. The van der Waals surface area contributed by atoms with Gasteiger partial charge in [0, 0.05) is 6.07 Å². The van der Waals surface area contributed by atoms with E-state index in [9.17, 15) is 14.9 Å². The molecule has 0 atom stereocenters. The third kappa shape index (κ3) is 2.91. The number of nitro benzene ring substituents is 1. The largest absolute Gasteiger partial charge is 0.508 e. The van der Waals surface area contributed by atoms with Crippen molar-refractivity contribution in [3.8, 4) is 5.75 Å². The van der Waals surface area contributed by atoms with Crippen molar-refractivity contribution in [2.45, 2.75) is 6.92 Å². The molecule has 0 saturated carbocycles. The summed E-state index contributed by atoms with van der Waals surface area (Å²) in [6.07, 6.45) is 2.52. The van der Waals surface area contributed by atoms with Crippen molar-refractivity contribution < 1.29 is 14.8 Å². The zero-order chi connectivity index (χ0) is 11.4. The number of phenolic OH excluding ortho intramolecular Hbond substituents is 1. The van der Waals surface area contributed by atoms with Crippen LogP contribution in [0.3, 0.4) is 0 Å². The number of carbonyl (C=O) groups excluding carboxylic acids is 1. The maximum absolute atomic E-state index is 10.7. The number of nitro groups is 1. The fourth-order valence-corrected chi connectivity index (χ4v) is 1.05. The minimum absolute atomic E-state index is 0.0798. The second kappa shape index (κ2) is 4.36. The van der Waals surface area contributed by atoms with Crippen LogP contribution < -0.4 is 0 Å². The van der Waals surface area contributed by atoms with Gasteiger partial charge in [0.25, 0.3) is 5.69 Å². The number of phenols is 1. The molecule has 0 bridgehead atoms. The van der Waals surface area contributed by atoms with E-state index < -0.39 is 4.92 Å². The standard InChI is InChI=1S/C10H9NO4/c1-7(12)2-3-8-6-9(13)4-5-10(8)11(14)15/h2-6,13H,1H3/b3-2+. The summed E-state index contributed by atoms with van der Waals surface area (Å²) in [5, 5.41) is 19.7. The molecule has 0 radical (unpaired) electrons. The Morgan fingerprint density at radius 3 is 2.73 bits per heavy atom. The first-order chi connectivity index (χ1) is 7.00. The van der Waals surface area contributed by atoms with Gasteiger partial charge in [-0.1, -0.05) is 0 Å². The van der Waals surface area contributed by atoms with Crippen molar-refractivity contribution in [2.75, 3.05) is 0 Å². The maximum atomic E-state index is 10.7. The van der Waals surface area contributed by atoms with Crippen LogP contribution in [-0.2, 0) is 4.79 Å². The molecule has 0 saturated heterocycles. The Hall–Kier alpha value is -2.17. The van der Waals surface area contributed by atoms with E-state index in [1.165, 1.54) is 37.3 Å². The van der Waals surface area contributed by atoms with Gasteiger partial charge in [0.15, 0.2) is 5.78 Å². The number of rotatable bonds is 3. The molecule has 0 fully saturated rings. The Morgan fingerprint density at radius 1 is 1.53 bits per heavy atom.